The summed E-state index contributed by atoms with van der Waals surface area (Å²) >= 11 is 0. The van der Waals surface area contributed by atoms with Gasteiger partial charge in [0.15, 0.2) is 0 Å². The number of rotatable bonds is 5. The zero-order valence-corrected chi connectivity index (χ0v) is 8.08. The molecule has 0 spiro atoms. The number of nitrogens with zero attached hydrogens (tertiary/aromatic N) is 2. The molecule has 0 fully saturated rings. The molecule has 0 radical (unpaired) electrons. The molecule has 1 aromatic rings. The smallest absolute Gasteiger partial charge is 0.320 e. The first-order chi connectivity index (χ1) is 6.18. The fourth-order valence-corrected chi connectivity index (χ4v) is 1.02. The third-order valence-electron chi connectivity index (χ3n) is 1.68. The molecule has 0 bridgehead atoms. The van der Waals surface area contributed by atoms with Crippen molar-refractivity contribution >= 4 is 12.0 Å². The average molecular weight is 184 g/mol. The fraction of sp³-hybridized carbons (Fsp3) is 0.750. The average Bonchev–Trinajstić information content (AvgIpc) is 2.45. The highest BCUT2D eigenvalue weighted by atomic mass is 16.5. The highest BCUT2D eigenvalue weighted by Gasteiger charge is 2.00. The molecule has 3 N–H and O–H groups in total. The molecule has 0 amide bonds. The predicted octanol–water partition coefficient (Wildman–Crippen LogP) is 1.50. The van der Waals surface area contributed by atoms with Crippen LogP contribution < -0.4 is 11.1 Å². The molecular weight excluding hydrogens is 168 g/mol. The van der Waals surface area contributed by atoms with Crippen LogP contribution in [0.15, 0.2) is 4.52 Å². The maximum absolute atomic E-state index is 5.25. The number of aromatic nitrogens is 2. The van der Waals surface area contributed by atoms with Crippen LogP contribution >= 0.6 is 0 Å². The molecule has 0 atom stereocenters. The van der Waals surface area contributed by atoms with Crippen LogP contribution in [0.3, 0.4) is 0 Å². The number of nitrogens with one attached hydrogen (secondary N) is 1. The van der Waals surface area contributed by atoms with E-state index < -0.39 is 0 Å². The standard InChI is InChI=1S/C8H16N4O/c1-6(2)4-3-5-10-8-11-7(9)13-12-8/h6H,3-5H2,1-2H3,(H3,9,10,11,12). The van der Waals surface area contributed by atoms with Crippen molar-refractivity contribution in [2.45, 2.75) is 26.7 Å². The molecule has 74 valence electrons. The number of anilines is 2. The van der Waals surface area contributed by atoms with Gasteiger partial charge in [0, 0.05) is 6.54 Å². The van der Waals surface area contributed by atoms with E-state index in [9.17, 15) is 0 Å². The fourth-order valence-electron chi connectivity index (χ4n) is 1.02. The van der Waals surface area contributed by atoms with Gasteiger partial charge in [0.1, 0.15) is 0 Å². The van der Waals surface area contributed by atoms with Gasteiger partial charge in [-0.1, -0.05) is 13.8 Å². The molecule has 0 aliphatic heterocycles. The molecule has 5 nitrogen and oxygen atoms in total. The van der Waals surface area contributed by atoms with Gasteiger partial charge in [-0.25, -0.2) is 0 Å². The van der Waals surface area contributed by atoms with Gasteiger partial charge in [0.05, 0.1) is 0 Å². The lowest BCUT2D eigenvalue weighted by molar-refractivity contribution is 0.436. The Morgan fingerprint density at radius 2 is 2.31 bits per heavy atom. The molecule has 1 heterocycles. The minimum absolute atomic E-state index is 0.103. The molecule has 0 unspecified atom stereocenters. The van der Waals surface area contributed by atoms with E-state index in [1.165, 1.54) is 6.42 Å². The molecule has 0 saturated carbocycles. The van der Waals surface area contributed by atoms with Crippen molar-refractivity contribution in [3.05, 3.63) is 0 Å². The van der Waals surface area contributed by atoms with E-state index in [0.29, 0.717) is 5.95 Å². The molecule has 0 aliphatic carbocycles. The van der Waals surface area contributed by atoms with E-state index in [1.807, 2.05) is 0 Å². The summed E-state index contributed by atoms with van der Waals surface area (Å²) in [4.78, 5) is 3.82. The van der Waals surface area contributed by atoms with Crippen LogP contribution in [0.5, 0.6) is 0 Å². The van der Waals surface area contributed by atoms with E-state index in [4.69, 9.17) is 5.73 Å². The first-order valence-corrected chi connectivity index (χ1v) is 4.51. The number of nitrogens with two attached hydrogens (primary N) is 1. The Balaban J connectivity index is 2.13. The first-order valence-electron chi connectivity index (χ1n) is 4.51. The van der Waals surface area contributed by atoms with Gasteiger partial charge in [0.2, 0.25) is 0 Å². The lowest BCUT2D eigenvalue weighted by atomic mass is 10.1. The largest absolute Gasteiger partial charge is 0.352 e. The van der Waals surface area contributed by atoms with Crippen LogP contribution in [0.25, 0.3) is 0 Å². The molecule has 0 saturated heterocycles. The van der Waals surface area contributed by atoms with E-state index in [1.54, 1.807) is 0 Å². The predicted molar refractivity (Wildman–Crippen MR) is 51.3 cm³/mol. The summed E-state index contributed by atoms with van der Waals surface area (Å²) in [5.74, 6) is 1.21. The summed E-state index contributed by atoms with van der Waals surface area (Å²) in [5, 5.41) is 6.64. The summed E-state index contributed by atoms with van der Waals surface area (Å²) < 4.78 is 4.60. The van der Waals surface area contributed by atoms with Crippen LogP contribution in [0.1, 0.15) is 26.7 Å². The molecule has 1 aromatic heterocycles. The maximum Gasteiger partial charge on any atom is 0.320 e. The minimum Gasteiger partial charge on any atom is -0.352 e. The number of hydrogen-bond donors (Lipinski definition) is 2. The Bertz CT molecular complexity index is 246. The quantitative estimate of drug-likeness (QED) is 0.678. The summed E-state index contributed by atoms with van der Waals surface area (Å²) in [5.41, 5.74) is 5.25. The van der Waals surface area contributed by atoms with E-state index in [2.05, 4.69) is 33.8 Å². The normalized spacial score (nSPS) is 10.7. The second kappa shape index (κ2) is 4.69. The third-order valence-corrected chi connectivity index (χ3v) is 1.68. The Morgan fingerprint density at radius 1 is 1.54 bits per heavy atom. The van der Waals surface area contributed by atoms with Gasteiger partial charge in [-0.2, -0.15) is 4.98 Å². The maximum atomic E-state index is 5.25. The van der Waals surface area contributed by atoms with Gasteiger partial charge in [-0.15, -0.1) is 0 Å². The van der Waals surface area contributed by atoms with E-state index in [0.717, 1.165) is 18.9 Å². The highest BCUT2D eigenvalue weighted by Crippen LogP contribution is 2.05. The Morgan fingerprint density at radius 3 is 2.85 bits per heavy atom. The monoisotopic (exact) mass is 184 g/mol. The third kappa shape index (κ3) is 3.78. The van der Waals surface area contributed by atoms with Crippen molar-refractivity contribution in [3.63, 3.8) is 0 Å². The van der Waals surface area contributed by atoms with Gasteiger partial charge in [0.25, 0.3) is 5.95 Å². The van der Waals surface area contributed by atoms with Crippen LogP contribution in [-0.4, -0.2) is 16.7 Å². The Labute approximate surface area is 77.7 Å². The second-order valence-electron chi connectivity index (χ2n) is 3.42. The summed E-state index contributed by atoms with van der Waals surface area (Å²) in [7, 11) is 0. The lowest BCUT2D eigenvalue weighted by Gasteiger charge is -2.03. The number of hydrogen-bond acceptors (Lipinski definition) is 5. The molecule has 13 heavy (non-hydrogen) atoms. The zero-order chi connectivity index (χ0) is 9.68. The van der Waals surface area contributed by atoms with Gasteiger partial charge >= 0.3 is 6.01 Å². The van der Waals surface area contributed by atoms with Crippen molar-refractivity contribution in [3.8, 4) is 0 Å². The zero-order valence-electron chi connectivity index (χ0n) is 8.08. The molecule has 1 rings (SSSR count). The van der Waals surface area contributed by atoms with E-state index >= 15 is 0 Å². The van der Waals surface area contributed by atoms with Crippen LogP contribution in [0, 0.1) is 5.92 Å². The van der Waals surface area contributed by atoms with Gasteiger partial charge in [-0.05, 0) is 23.9 Å². The van der Waals surface area contributed by atoms with Crippen molar-refractivity contribution < 1.29 is 4.52 Å². The van der Waals surface area contributed by atoms with Crippen LogP contribution in [-0.2, 0) is 0 Å². The second-order valence-corrected chi connectivity index (χ2v) is 3.42. The van der Waals surface area contributed by atoms with E-state index in [-0.39, 0.29) is 6.01 Å². The summed E-state index contributed by atoms with van der Waals surface area (Å²) in [6.45, 7) is 5.26. The highest BCUT2D eigenvalue weighted by molar-refractivity contribution is 5.26. The summed E-state index contributed by atoms with van der Waals surface area (Å²) in [6.07, 6.45) is 2.30. The number of nitrogen functional groups attached to an aromatic ring is 1. The Hall–Kier alpha value is -1.26. The molecular formula is C8H16N4O. The molecule has 0 aliphatic rings. The van der Waals surface area contributed by atoms with Crippen LogP contribution in [0.2, 0.25) is 0 Å². The van der Waals surface area contributed by atoms with Gasteiger partial charge < -0.3 is 15.6 Å². The lowest BCUT2D eigenvalue weighted by Crippen LogP contribution is -2.04. The molecule has 5 heteroatoms. The SMILES string of the molecule is CC(C)CCCNc1noc(N)n1. The van der Waals surface area contributed by atoms with Crippen molar-refractivity contribution in [1.82, 2.24) is 10.1 Å². The van der Waals surface area contributed by atoms with Crippen LogP contribution in [0.4, 0.5) is 12.0 Å². The molecule has 0 aromatic carbocycles. The Kier molecular flexibility index (Phi) is 3.54. The minimum atomic E-state index is 0.103. The topological polar surface area (TPSA) is 77.0 Å². The van der Waals surface area contributed by atoms with Crippen molar-refractivity contribution in [2.75, 3.05) is 17.6 Å². The van der Waals surface area contributed by atoms with Crippen molar-refractivity contribution in [2.24, 2.45) is 5.92 Å². The van der Waals surface area contributed by atoms with Crippen molar-refractivity contribution in [1.29, 1.82) is 0 Å². The first kappa shape index (κ1) is 9.83. The van der Waals surface area contributed by atoms with Gasteiger partial charge in [-0.3, -0.25) is 0 Å². The summed E-state index contributed by atoms with van der Waals surface area (Å²) in [6, 6.07) is 0.103.